The van der Waals surface area contributed by atoms with Gasteiger partial charge in [0.25, 0.3) is 0 Å². The second kappa shape index (κ2) is 4.24. The minimum atomic E-state index is -0.961. The first-order valence-electron chi connectivity index (χ1n) is 4.44. The van der Waals surface area contributed by atoms with Crippen LogP contribution in [-0.2, 0) is 9.59 Å². The fraction of sp³-hybridized carbons (Fsp3) is 0.778. The summed E-state index contributed by atoms with van der Waals surface area (Å²) < 4.78 is 0. The molecule has 3 nitrogen and oxygen atoms in total. The van der Waals surface area contributed by atoms with E-state index in [1.807, 2.05) is 0 Å². The molecule has 68 valence electrons. The summed E-state index contributed by atoms with van der Waals surface area (Å²) >= 11 is 0. The number of carbonyl (C=O) groups is 2. The van der Waals surface area contributed by atoms with Crippen LogP contribution in [0.25, 0.3) is 0 Å². The molecule has 1 rings (SSSR count). The van der Waals surface area contributed by atoms with Crippen LogP contribution in [0.5, 0.6) is 0 Å². The molecule has 1 aliphatic rings. The normalized spacial score (nSPS) is 21.7. The monoisotopic (exact) mass is 170 g/mol. The van der Waals surface area contributed by atoms with Crippen molar-refractivity contribution in [2.45, 2.75) is 32.1 Å². The van der Waals surface area contributed by atoms with Gasteiger partial charge in [-0.25, -0.2) is 0 Å². The Morgan fingerprint density at radius 2 is 1.92 bits per heavy atom. The summed E-state index contributed by atoms with van der Waals surface area (Å²) in [4.78, 5) is 21.1. The van der Waals surface area contributed by atoms with Crippen molar-refractivity contribution >= 4 is 12.3 Å². The maximum Gasteiger partial charge on any atom is 0.314 e. The first kappa shape index (κ1) is 9.23. The third-order valence-corrected chi connectivity index (χ3v) is 2.59. The summed E-state index contributed by atoms with van der Waals surface area (Å²) in [7, 11) is 0. The van der Waals surface area contributed by atoms with Gasteiger partial charge in [0.2, 0.25) is 0 Å². The lowest BCUT2D eigenvalue weighted by Gasteiger charge is -2.23. The summed E-state index contributed by atoms with van der Waals surface area (Å²) in [5.41, 5.74) is 0. The Bertz CT molecular complexity index is 171. The highest BCUT2D eigenvalue weighted by molar-refractivity contribution is 5.86. The van der Waals surface area contributed by atoms with E-state index in [0.717, 1.165) is 25.7 Å². The van der Waals surface area contributed by atoms with Crippen molar-refractivity contribution in [3.8, 4) is 0 Å². The largest absolute Gasteiger partial charge is 0.481 e. The molecule has 1 N–H and O–H groups in total. The van der Waals surface area contributed by atoms with Crippen molar-refractivity contribution in [1.29, 1.82) is 0 Å². The molecule has 0 aromatic rings. The number of hydrogen-bond acceptors (Lipinski definition) is 2. The van der Waals surface area contributed by atoms with E-state index in [0.29, 0.717) is 6.29 Å². The molecule has 1 atom stereocenters. The zero-order chi connectivity index (χ0) is 8.97. The van der Waals surface area contributed by atoms with Crippen LogP contribution in [0.4, 0.5) is 0 Å². The van der Waals surface area contributed by atoms with E-state index < -0.39 is 11.9 Å². The van der Waals surface area contributed by atoms with Crippen molar-refractivity contribution in [1.82, 2.24) is 0 Å². The number of aliphatic carboxylic acids is 1. The van der Waals surface area contributed by atoms with Gasteiger partial charge in [-0.05, 0) is 18.8 Å². The van der Waals surface area contributed by atoms with Crippen LogP contribution in [-0.4, -0.2) is 17.4 Å². The van der Waals surface area contributed by atoms with Gasteiger partial charge in [-0.2, -0.15) is 0 Å². The average molecular weight is 170 g/mol. The molecule has 0 spiro atoms. The summed E-state index contributed by atoms with van der Waals surface area (Å²) in [6.45, 7) is 0. The Hall–Kier alpha value is -0.860. The van der Waals surface area contributed by atoms with Crippen LogP contribution in [0.15, 0.2) is 0 Å². The smallest absolute Gasteiger partial charge is 0.314 e. The topological polar surface area (TPSA) is 54.4 Å². The van der Waals surface area contributed by atoms with Crippen molar-refractivity contribution in [3.63, 3.8) is 0 Å². The van der Waals surface area contributed by atoms with Gasteiger partial charge in [0.1, 0.15) is 12.2 Å². The Balaban J connectivity index is 2.51. The van der Waals surface area contributed by atoms with Crippen molar-refractivity contribution < 1.29 is 14.7 Å². The maximum absolute atomic E-state index is 10.6. The lowest BCUT2D eigenvalue weighted by atomic mass is 9.81. The van der Waals surface area contributed by atoms with Gasteiger partial charge < -0.3 is 9.90 Å². The molecule has 0 aliphatic heterocycles. The zero-order valence-electron chi connectivity index (χ0n) is 7.03. The molecule has 0 amide bonds. The van der Waals surface area contributed by atoms with E-state index >= 15 is 0 Å². The van der Waals surface area contributed by atoms with E-state index in [1.54, 1.807) is 0 Å². The van der Waals surface area contributed by atoms with Crippen LogP contribution in [0.2, 0.25) is 0 Å². The predicted molar refractivity (Wildman–Crippen MR) is 43.8 cm³/mol. The highest BCUT2D eigenvalue weighted by Crippen LogP contribution is 2.29. The summed E-state index contributed by atoms with van der Waals surface area (Å²) in [5.74, 6) is -1.63. The first-order valence-corrected chi connectivity index (χ1v) is 4.44. The molecule has 1 fully saturated rings. The minimum Gasteiger partial charge on any atom is -0.481 e. The zero-order valence-corrected chi connectivity index (χ0v) is 7.03. The number of rotatable bonds is 3. The molecule has 0 aromatic heterocycles. The third-order valence-electron chi connectivity index (χ3n) is 2.59. The standard InChI is InChI=1S/C9H14O3/c10-6-8(9(11)12)7-4-2-1-3-5-7/h6-8H,1-5H2,(H,11,12)/t8-/m1/s1. The quantitative estimate of drug-likeness (QED) is 0.515. The molecular formula is C9H14O3. The summed E-state index contributed by atoms with van der Waals surface area (Å²) in [6, 6.07) is 0. The van der Waals surface area contributed by atoms with Crippen LogP contribution < -0.4 is 0 Å². The number of carboxylic acid groups (broad SMARTS) is 1. The number of hydrogen-bond donors (Lipinski definition) is 1. The van der Waals surface area contributed by atoms with E-state index in [-0.39, 0.29) is 5.92 Å². The van der Waals surface area contributed by atoms with Gasteiger partial charge >= 0.3 is 5.97 Å². The Morgan fingerprint density at radius 3 is 2.33 bits per heavy atom. The number of aldehydes is 1. The fourth-order valence-corrected chi connectivity index (χ4v) is 1.86. The second-order valence-corrected chi connectivity index (χ2v) is 3.40. The van der Waals surface area contributed by atoms with Crippen molar-refractivity contribution in [2.75, 3.05) is 0 Å². The molecule has 0 radical (unpaired) electrons. The molecule has 0 saturated heterocycles. The molecule has 1 aliphatic carbocycles. The molecule has 12 heavy (non-hydrogen) atoms. The maximum atomic E-state index is 10.6. The first-order chi connectivity index (χ1) is 5.75. The summed E-state index contributed by atoms with van der Waals surface area (Å²) in [5, 5.41) is 8.69. The van der Waals surface area contributed by atoms with Gasteiger partial charge in [-0.1, -0.05) is 19.3 Å². The molecule has 0 aromatic carbocycles. The minimum absolute atomic E-state index is 0.0914. The molecule has 0 unspecified atom stereocenters. The SMILES string of the molecule is O=C[C@@H](C(=O)O)C1CCCCC1. The van der Waals surface area contributed by atoms with Crippen molar-refractivity contribution in [2.24, 2.45) is 11.8 Å². The van der Waals surface area contributed by atoms with E-state index in [9.17, 15) is 9.59 Å². The fourth-order valence-electron chi connectivity index (χ4n) is 1.86. The van der Waals surface area contributed by atoms with Crippen LogP contribution in [0.1, 0.15) is 32.1 Å². The van der Waals surface area contributed by atoms with Gasteiger partial charge in [0, 0.05) is 0 Å². The van der Waals surface area contributed by atoms with E-state index in [2.05, 4.69) is 0 Å². The predicted octanol–water partition coefficient (Wildman–Crippen LogP) is 1.47. The van der Waals surface area contributed by atoms with Gasteiger partial charge in [0.15, 0.2) is 0 Å². The van der Waals surface area contributed by atoms with Gasteiger partial charge in [0.05, 0.1) is 0 Å². The lowest BCUT2D eigenvalue weighted by molar-refractivity contribution is -0.146. The average Bonchev–Trinajstić information content (AvgIpc) is 2.07. The molecular weight excluding hydrogens is 156 g/mol. The molecule has 1 saturated carbocycles. The molecule has 3 heteroatoms. The number of carbonyl (C=O) groups excluding carboxylic acids is 1. The molecule has 0 heterocycles. The van der Waals surface area contributed by atoms with Gasteiger partial charge in [-0.3, -0.25) is 4.79 Å². The Labute approximate surface area is 71.8 Å². The van der Waals surface area contributed by atoms with Crippen LogP contribution in [0.3, 0.4) is 0 Å². The molecule has 0 bridgehead atoms. The highest BCUT2D eigenvalue weighted by atomic mass is 16.4. The van der Waals surface area contributed by atoms with Crippen LogP contribution >= 0.6 is 0 Å². The lowest BCUT2D eigenvalue weighted by Crippen LogP contribution is -2.26. The number of carboxylic acids is 1. The second-order valence-electron chi connectivity index (χ2n) is 3.40. The highest BCUT2D eigenvalue weighted by Gasteiger charge is 2.28. The van der Waals surface area contributed by atoms with E-state index in [1.165, 1.54) is 6.42 Å². The van der Waals surface area contributed by atoms with Crippen molar-refractivity contribution in [3.05, 3.63) is 0 Å². The van der Waals surface area contributed by atoms with Crippen LogP contribution in [0, 0.1) is 11.8 Å². The van der Waals surface area contributed by atoms with Gasteiger partial charge in [-0.15, -0.1) is 0 Å². The third kappa shape index (κ3) is 2.06. The van der Waals surface area contributed by atoms with E-state index in [4.69, 9.17) is 5.11 Å². The summed E-state index contributed by atoms with van der Waals surface area (Å²) in [6.07, 6.45) is 5.70. The Kier molecular flexibility index (Phi) is 3.26. The Morgan fingerprint density at radius 1 is 1.33 bits per heavy atom.